The maximum atomic E-state index is 12.3. The maximum absolute atomic E-state index is 12.3. The molecule has 21 heavy (non-hydrogen) atoms. The van der Waals surface area contributed by atoms with Crippen LogP contribution in [-0.4, -0.2) is 36.7 Å². The van der Waals surface area contributed by atoms with E-state index in [0.717, 1.165) is 36.3 Å². The van der Waals surface area contributed by atoms with Gasteiger partial charge in [-0.25, -0.2) is 4.79 Å². The summed E-state index contributed by atoms with van der Waals surface area (Å²) in [5.41, 5.74) is 8.29. The number of urea groups is 1. The molecule has 2 atom stereocenters. The summed E-state index contributed by atoms with van der Waals surface area (Å²) in [6, 6.07) is 5.86. The third-order valence-electron chi connectivity index (χ3n) is 5.03. The van der Waals surface area contributed by atoms with E-state index in [1.54, 1.807) is 7.11 Å². The number of nitrogens with two attached hydrogens (primary N) is 1. The lowest BCUT2D eigenvalue weighted by molar-refractivity contribution is 0.187. The topological polar surface area (TPSA) is 67.6 Å². The van der Waals surface area contributed by atoms with Crippen LogP contribution in [0, 0.1) is 12.8 Å². The number of hydrogen-bond acceptors (Lipinski definition) is 3. The SMILES string of the molecule is COc1cccc(CNC(=O)N2C[C@@H]3CC[C@]3(N)C2)c1C. The van der Waals surface area contributed by atoms with Crippen LogP contribution in [0.25, 0.3) is 0 Å². The third-order valence-corrected chi connectivity index (χ3v) is 5.03. The van der Waals surface area contributed by atoms with Crippen molar-refractivity contribution in [3.05, 3.63) is 29.3 Å². The van der Waals surface area contributed by atoms with Crippen LogP contribution in [0.3, 0.4) is 0 Å². The Kier molecular flexibility index (Phi) is 3.53. The lowest BCUT2D eigenvalue weighted by Crippen LogP contribution is -2.55. The van der Waals surface area contributed by atoms with Gasteiger partial charge in [-0.15, -0.1) is 0 Å². The molecule has 0 spiro atoms. The summed E-state index contributed by atoms with van der Waals surface area (Å²) in [6.07, 6.45) is 2.19. The molecule has 1 saturated heterocycles. The van der Waals surface area contributed by atoms with Crippen LogP contribution in [0.4, 0.5) is 4.79 Å². The van der Waals surface area contributed by atoms with Gasteiger partial charge in [0.05, 0.1) is 7.11 Å². The van der Waals surface area contributed by atoms with Crippen LogP contribution in [0.1, 0.15) is 24.0 Å². The standard InChI is InChI=1S/C16H23N3O2/c1-11-12(4-3-5-14(11)21-2)8-18-15(20)19-9-13-6-7-16(13,17)10-19/h3-5,13H,6-10,17H2,1-2H3,(H,18,20)/t13-,16-/m0/s1. The van der Waals surface area contributed by atoms with E-state index < -0.39 is 0 Å². The first-order chi connectivity index (χ1) is 10.0. The fraction of sp³-hybridized carbons (Fsp3) is 0.562. The Morgan fingerprint density at radius 1 is 1.57 bits per heavy atom. The van der Waals surface area contributed by atoms with Crippen molar-refractivity contribution >= 4 is 6.03 Å². The van der Waals surface area contributed by atoms with E-state index in [2.05, 4.69) is 5.32 Å². The van der Waals surface area contributed by atoms with Crippen LogP contribution in [0.2, 0.25) is 0 Å². The van der Waals surface area contributed by atoms with Gasteiger partial charge >= 0.3 is 6.03 Å². The molecule has 2 aliphatic rings. The van der Waals surface area contributed by atoms with E-state index >= 15 is 0 Å². The van der Waals surface area contributed by atoms with Gasteiger partial charge in [-0.2, -0.15) is 0 Å². The van der Waals surface area contributed by atoms with E-state index in [9.17, 15) is 4.79 Å². The third kappa shape index (κ3) is 2.46. The number of nitrogens with one attached hydrogen (secondary N) is 1. The summed E-state index contributed by atoms with van der Waals surface area (Å²) in [5.74, 6) is 1.34. The number of amides is 2. The highest BCUT2D eigenvalue weighted by atomic mass is 16.5. The summed E-state index contributed by atoms with van der Waals surface area (Å²) in [7, 11) is 1.66. The Morgan fingerprint density at radius 3 is 2.95 bits per heavy atom. The molecule has 0 radical (unpaired) electrons. The average Bonchev–Trinajstić information content (AvgIpc) is 2.70. The Bertz CT molecular complexity index is 560. The van der Waals surface area contributed by atoms with Crippen molar-refractivity contribution < 1.29 is 9.53 Å². The number of ether oxygens (including phenoxy) is 1. The lowest BCUT2D eigenvalue weighted by Gasteiger charge is -2.39. The van der Waals surface area contributed by atoms with Crippen LogP contribution in [0.15, 0.2) is 18.2 Å². The van der Waals surface area contributed by atoms with Crippen molar-refractivity contribution in [3.63, 3.8) is 0 Å². The van der Waals surface area contributed by atoms with Crippen molar-refractivity contribution in [2.75, 3.05) is 20.2 Å². The molecule has 1 aliphatic carbocycles. The average molecular weight is 289 g/mol. The minimum Gasteiger partial charge on any atom is -0.496 e. The predicted octanol–water partition coefficient (Wildman–Crippen LogP) is 1.64. The van der Waals surface area contributed by atoms with Crippen LogP contribution < -0.4 is 15.8 Å². The molecule has 1 aliphatic heterocycles. The number of benzene rings is 1. The molecule has 3 N–H and O–H groups in total. The van der Waals surface area contributed by atoms with Gasteiger partial charge in [0, 0.05) is 25.2 Å². The van der Waals surface area contributed by atoms with Crippen molar-refractivity contribution in [2.24, 2.45) is 11.7 Å². The number of rotatable bonds is 3. The van der Waals surface area contributed by atoms with E-state index in [0.29, 0.717) is 19.0 Å². The number of fused-ring (bicyclic) bond motifs is 1. The molecule has 114 valence electrons. The molecule has 5 heteroatoms. The quantitative estimate of drug-likeness (QED) is 0.889. The molecule has 0 aromatic heterocycles. The molecular formula is C16H23N3O2. The molecule has 2 fully saturated rings. The molecule has 3 rings (SSSR count). The number of nitrogens with zero attached hydrogens (tertiary/aromatic N) is 1. The van der Waals surface area contributed by atoms with Gasteiger partial charge in [0.25, 0.3) is 0 Å². The van der Waals surface area contributed by atoms with Crippen LogP contribution in [-0.2, 0) is 6.54 Å². The summed E-state index contributed by atoms with van der Waals surface area (Å²) < 4.78 is 5.30. The van der Waals surface area contributed by atoms with Gasteiger partial charge < -0.3 is 20.7 Å². The van der Waals surface area contributed by atoms with Crippen molar-refractivity contribution in [3.8, 4) is 5.75 Å². The summed E-state index contributed by atoms with van der Waals surface area (Å²) in [6.45, 7) is 3.99. The number of carbonyl (C=O) groups excluding carboxylic acids is 1. The van der Waals surface area contributed by atoms with Gasteiger partial charge in [0.2, 0.25) is 0 Å². The number of methoxy groups -OCH3 is 1. The summed E-state index contributed by atoms with van der Waals surface area (Å²) in [5, 5.41) is 3.00. The number of hydrogen-bond donors (Lipinski definition) is 2. The number of carbonyl (C=O) groups is 1. The number of likely N-dealkylation sites (tertiary alicyclic amines) is 1. The highest BCUT2D eigenvalue weighted by molar-refractivity contribution is 5.75. The second-order valence-corrected chi connectivity index (χ2v) is 6.25. The lowest BCUT2D eigenvalue weighted by atomic mass is 9.70. The second-order valence-electron chi connectivity index (χ2n) is 6.25. The van der Waals surface area contributed by atoms with Gasteiger partial charge in [0.15, 0.2) is 0 Å². The molecule has 0 bridgehead atoms. The highest BCUT2D eigenvalue weighted by Crippen LogP contribution is 2.42. The summed E-state index contributed by atoms with van der Waals surface area (Å²) in [4.78, 5) is 14.1. The molecule has 1 heterocycles. The zero-order chi connectivity index (χ0) is 15.0. The molecular weight excluding hydrogens is 266 g/mol. The summed E-state index contributed by atoms with van der Waals surface area (Å²) >= 11 is 0. The Balaban J connectivity index is 1.59. The fourth-order valence-corrected chi connectivity index (χ4v) is 3.40. The Hall–Kier alpha value is -1.75. The molecule has 1 aromatic rings. The van der Waals surface area contributed by atoms with Crippen LogP contribution in [0.5, 0.6) is 5.75 Å². The van der Waals surface area contributed by atoms with E-state index in [1.807, 2.05) is 30.0 Å². The first-order valence-electron chi connectivity index (χ1n) is 7.47. The smallest absolute Gasteiger partial charge is 0.317 e. The fourth-order valence-electron chi connectivity index (χ4n) is 3.40. The first kappa shape index (κ1) is 14.2. The highest BCUT2D eigenvalue weighted by Gasteiger charge is 2.51. The van der Waals surface area contributed by atoms with Crippen LogP contribution >= 0.6 is 0 Å². The molecule has 1 saturated carbocycles. The van der Waals surface area contributed by atoms with Gasteiger partial charge in [-0.1, -0.05) is 12.1 Å². The van der Waals surface area contributed by atoms with Gasteiger partial charge in [-0.3, -0.25) is 0 Å². The molecule has 0 unspecified atom stereocenters. The first-order valence-corrected chi connectivity index (χ1v) is 7.47. The molecule has 1 aromatic carbocycles. The Labute approximate surface area is 125 Å². The van der Waals surface area contributed by atoms with E-state index in [1.165, 1.54) is 0 Å². The van der Waals surface area contributed by atoms with E-state index in [-0.39, 0.29) is 11.6 Å². The van der Waals surface area contributed by atoms with E-state index in [4.69, 9.17) is 10.5 Å². The largest absolute Gasteiger partial charge is 0.496 e. The monoisotopic (exact) mass is 289 g/mol. The van der Waals surface area contributed by atoms with Gasteiger partial charge in [-0.05, 0) is 42.9 Å². The maximum Gasteiger partial charge on any atom is 0.317 e. The van der Waals surface area contributed by atoms with Gasteiger partial charge in [0.1, 0.15) is 5.75 Å². The minimum atomic E-state index is -0.122. The normalized spacial score (nSPS) is 27.0. The van der Waals surface area contributed by atoms with Crippen molar-refractivity contribution in [2.45, 2.75) is 31.8 Å². The van der Waals surface area contributed by atoms with Crippen molar-refractivity contribution in [1.82, 2.24) is 10.2 Å². The molecule has 2 amide bonds. The zero-order valence-corrected chi connectivity index (χ0v) is 12.7. The van der Waals surface area contributed by atoms with Crippen molar-refractivity contribution in [1.29, 1.82) is 0 Å². The Morgan fingerprint density at radius 2 is 2.38 bits per heavy atom. The predicted molar refractivity (Wildman–Crippen MR) is 81.2 cm³/mol. The molecule has 5 nitrogen and oxygen atoms in total. The second kappa shape index (κ2) is 5.22. The minimum absolute atomic E-state index is 0.0172. The zero-order valence-electron chi connectivity index (χ0n) is 12.7.